The first kappa shape index (κ1) is 14.0. The van der Waals surface area contributed by atoms with Crippen LogP contribution in [0, 0.1) is 0 Å². The topological polar surface area (TPSA) is 83.6 Å². The number of carbonyl (C=O) groups is 2. The van der Waals surface area contributed by atoms with Gasteiger partial charge in [-0.2, -0.15) is 0 Å². The van der Waals surface area contributed by atoms with Crippen LogP contribution in [-0.2, 0) is 16.0 Å². The van der Waals surface area contributed by atoms with Gasteiger partial charge in [0.15, 0.2) is 0 Å². The molecule has 0 aliphatic rings. The van der Waals surface area contributed by atoms with E-state index < -0.39 is 11.5 Å². The van der Waals surface area contributed by atoms with Crippen molar-refractivity contribution in [3.63, 3.8) is 0 Å². The van der Waals surface area contributed by atoms with Crippen molar-refractivity contribution in [2.24, 2.45) is 0 Å². The van der Waals surface area contributed by atoms with E-state index in [-0.39, 0.29) is 12.3 Å². The smallest absolute Gasteiger partial charge is 0.329 e. The van der Waals surface area contributed by atoms with E-state index in [0.29, 0.717) is 5.69 Å². The Morgan fingerprint density at radius 3 is 2.22 bits per heavy atom. The van der Waals surface area contributed by atoms with E-state index in [9.17, 15) is 9.59 Å². The number of aliphatic carboxylic acids is 1. The summed E-state index contributed by atoms with van der Waals surface area (Å²) >= 11 is 0. The van der Waals surface area contributed by atoms with Gasteiger partial charge in [-0.15, -0.1) is 0 Å². The molecule has 0 saturated carbocycles. The highest BCUT2D eigenvalue weighted by molar-refractivity contribution is 5.87. The third kappa shape index (κ3) is 3.00. The minimum absolute atomic E-state index is 0.160. The molecule has 5 nitrogen and oxygen atoms in total. The largest absolute Gasteiger partial charge is 0.480 e. The van der Waals surface area contributed by atoms with Crippen molar-refractivity contribution in [3.8, 4) is 0 Å². The zero-order valence-corrected chi connectivity index (χ0v) is 10.8. The number of carbonyl (C=O) groups excluding carboxylic acids is 1. The Labute approximate surface area is 106 Å². The number of nitrogens with two attached hydrogens (primary N) is 1. The van der Waals surface area contributed by atoms with Crippen LogP contribution in [-0.4, -0.2) is 34.5 Å². The van der Waals surface area contributed by atoms with Crippen LogP contribution in [0.4, 0.5) is 5.69 Å². The van der Waals surface area contributed by atoms with E-state index in [1.807, 2.05) is 0 Å². The minimum Gasteiger partial charge on any atom is -0.480 e. The molecule has 3 N–H and O–H groups in total. The SMILES string of the molecule is CN(C(=O)Cc1ccc(N)cc1)C(C)(C)C(=O)O. The molecule has 0 unspecified atom stereocenters. The van der Waals surface area contributed by atoms with Gasteiger partial charge in [0.1, 0.15) is 5.54 Å². The summed E-state index contributed by atoms with van der Waals surface area (Å²) in [5.41, 5.74) is 5.77. The number of carboxylic acid groups (broad SMARTS) is 1. The van der Waals surface area contributed by atoms with Crippen molar-refractivity contribution >= 4 is 17.6 Å². The Hall–Kier alpha value is -2.04. The summed E-state index contributed by atoms with van der Waals surface area (Å²) in [7, 11) is 1.49. The first-order chi connectivity index (χ1) is 8.25. The second kappa shape index (κ2) is 5.08. The molecule has 0 radical (unpaired) electrons. The summed E-state index contributed by atoms with van der Waals surface area (Å²) in [6.45, 7) is 2.99. The van der Waals surface area contributed by atoms with Crippen molar-refractivity contribution in [2.75, 3.05) is 12.8 Å². The summed E-state index contributed by atoms with van der Waals surface area (Å²) in [6, 6.07) is 6.94. The summed E-state index contributed by atoms with van der Waals surface area (Å²) in [4.78, 5) is 24.3. The third-order valence-corrected chi connectivity index (χ3v) is 3.07. The first-order valence-electron chi connectivity index (χ1n) is 5.59. The molecular weight excluding hydrogens is 232 g/mol. The number of rotatable bonds is 4. The molecule has 1 rings (SSSR count). The van der Waals surface area contributed by atoms with E-state index >= 15 is 0 Å². The van der Waals surface area contributed by atoms with Crippen molar-refractivity contribution < 1.29 is 14.7 Å². The highest BCUT2D eigenvalue weighted by Gasteiger charge is 2.34. The fourth-order valence-corrected chi connectivity index (χ4v) is 1.38. The molecular formula is C13H18N2O3. The van der Waals surface area contributed by atoms with Gasteiger partial charge in [-0.05, 0) is 31.5 Å². The lowest BCUT2D eigenvalue weighted by Gasteiger charge is -2.31. The third-order valence-electron chi connectivity index (χ3n) is 3.07. The Kier molecular flexibility index (Phi) is 3.96. The lowest BCUT2D eigenvalue weighted by Crippen LogP contribution is -2.51. The minimum atomic E-state index is -1.22. The maximum absolute atomic E-state index is 12.0. The number of nitrogens with zero attached hydrogens (tertiary/aromatic N) is 1. The van der Waals surface area contributed by atoms with Gasteiger partial charge in [0.2, 0.25) is 5.91 Å². The van der Waals surface area contributed by atoms with Gasteiger partial charge < -0.3 is 15.7 Å². The Morgan fingerprint density at radius 1 is 1.28 bits per heavy atom. The summed E-state index contributed by atoms with van der Waals surface area (Å²) in [6.07, 6.45) is 0.160. The number of anilines is 1. The average molecular weight is 250 g/mol. The fraction of sp³-hybridized carbons (Fsp3) is 0.385. The molecule has 1 aromatic carbocycles. The Bertz CT molecular complexity index is 452. The zero-order chi connectivity index (χ0) is 13.9. The summed E-state index contributed by atoms with van der Waals surface area (Å²) in [5, 5.41) is 9.05. The van der Waals surface area contributed by atoms with Crippen LogP contribution in [0.1, 0.15) is 19.4 Å². The van der Waals surface area contributed by atoms with Crippen molar-refractivity contribution in [1.29, 1.82) is 0 Å². The molecule has 0 aromatic heterocycles. The maximum Gasteiger partial charge on any atom is 0.329 e. The maximum atomic E-state index is 12.0. The van der Waals surface area contributed by atoms with Crippen LogP contribution in [0.15, 0.2) is 24.3 Å². The number of amides is 1. The molecule has 0 aliphatic heterocycles. The number of likely N-dealkylation sites (N-methyl/N-ethyl adjacent to an activating group) is 1. The van der Waals surface area contributed by atoms with E-state index in [0.717, 1.165) is 5.56 Å². The average Bonchev–Trinajstić information content (AvgIpc) is 2.30. The molecule has 18 heavy (non-hydrogen) atoms. The number of hydrogen-bond acceptors (Lipinski definition) is 3. The van der Waals surface area contributed by atoms with Gasteiger partial charge >= 0.3 is 5.97 Å². The lowest BCUT2D eigenvalue weighted by atomic mass is 10.0. The van der Waals surface area contributed by atoms with E-state index in [2.05, 4.69) is 0 Å². The van der Waals surface area contributed by atoms with Crippen LogP contribution in [0.3, 0.4) is 0 Å². The Balaban J connectivity index is 2.77. The van der Waals surface area contributed by atoms with Crippen molar-refractivity contribution in [1.82, 2.24) is 4.90 Å². The summed E-state index contributed by atoms with van der Waals surface area (Å²) < 4.78 is 0. The number of hydrogen-bond donors (Lipinski definition) is 2. The van der Waals surface area contributed by atoms with E-state index in [1.165, 1.54) is 25.8 Å². The van der Waals surface area contributed by atoms with Crippen molar-refractivity contribution in [3.05, 3.63) is 29.8 Å². The Morgan fingerprint density at radius 2 is 1.78 bits per heavy atom. The van der Waals surface area contributed by atoms with Crippen LogP contribution < -0.4 is 5.73 Å². The fourth-order valence-electron chi connectivity index (χ4n) is 1.38. The molecule has 0 aliphatic carbocycles. The second-order valence-electron chi connectivity index (χ2n) is 4.74. The second-order valence-corrected chi connectivity index (χ2v) is 4.74. The number of nitrogen functional groups attached to an aromatic ring is 1. The van der Waals surface area contributed by atoms with Gasteiger partial charge in [0.05, 0.1) is 6.42 Å². The number of benzene rings is 1. The molecule has 0 bridgehead atoms. The molecule has 0 saturated heterocycles. The van der Waals surface area contributed by atoms with Crippen LogP contribution in [0.25, 0.3) is 0 Å². The van der Waals surface area contributed by atoms with Crippen LogP contribution >= 0.6 is 0 Å². The predicted octanol–water partition coefficient (Wildman–Crippen LogP) is 1.13. The van der Waals surface area contributed by atoms with Gasteiger partial charge in [0.25, 0.3) is 0 Å². The highest BCUT2D eigenvalue weighted by Crippen LogP contribution is 2.15. The summed E-state index contributed by atoms with van der Waals surface area (Å²) in [5.74, 6) is -1.28. The van der Waals surface area contributed by atoms with Crippen molar-refractivity contribution in [2.45, 2.75) is 25.8 Å². The lowest BCUT2D eigenvalue weighted by molar-refractivity contribution is -0.155. The molecule has 5 heteroatoms. The number of carboxylic acids is 1. The highest BCUT2D eigenvalue weighted by atomic mass is 16.4. The monoisotopic (exact) mass is 250 g/mol. The molecule has 98 valence electrons. The van der Waals surface area contributed by atoms with Gasteiger partial charge in [-0.1, -0.05) is 12.1 Å². The van der Waals surface area contributed by atoms with Gasteiger partial charge in [0, 0.05) is 12.7 Å². The first-order valence-corrected chi connectivity index (χ1v) is 5.59. The van der Waals surface area contributed by atoms with Crippen LogP contribution in [0.5, 0.6) is 0 Å². The van der Waals surface area contributed by atoms with Gasteiger partial charge in [-0.25, -0.2) is 4.79 Å². The molecule has 0 fully saturated rings. The van der Waals surface area contributed by atoms with Gasteiger partial charge in [-0.3, -0.25) is 4.79 Å². The molecule has 0 atom stereocenters. The normalized spacial score (nSPS) is 11.1. The zero-order valence-electron chi connectivity index (χ0n) is 10.8. The van der Waals surface area contributed by atoms with Crippen LogP contribution in [0.2, 0.25) is 0 Å². The molecule has 0 heterocycles. The molecule has 1 amide bonds. The molecule has 1 aromatic rings. The predicted molar refractivity (Wildman–Crippen MR) is 69.0 cm³/mol. The molecule has 0 spiro atoms. The standard InChI is InChI=1S/C13H18N2O3/c1-13(2,12(17)18)15(3)11(16)8-9-4-6-10(14)7-5-9/h4-7H,8,14H2,1-3H3,(H,17,18). The quantitative estimate of drug-likeness (QED) is 0.785. The van der Waals surface area contributed by atoms with E-state index in [4.69, 9.17) is 10.8 Å². The van der Waals surface area contributed by atoms with E-state index in [1.54, 1.807) is 24.3 Å².